The molecule has 0 unspecified atom stereocenters. The number of urea groups is 1. The van der Waals surface area contributed by atoms with Gasteiger partial charge in [0, 0.05) is 43.5 Å². The summed E-state index contributed by atoms with van der Waals surface area (Å²) in [5.74, 6) is 0. The second kappa shape index (κ2) is 8.12. The highest BCUT2D eigenvalue weighted by Gasteiger charge is 2.22. The van der Waals surface area contributed by atoms with Gasteiger partial charge in [0.1, 0.15) is 0 Å². The topological polar surface area (TPSA) is 59.4 Å². The number of rotatable bonds is 7. The van der Waals surface area contributed by atoms with Crippen molar-refractivity contribution < 1.29 is 9.53 Å². The number of ether oxygens (including phenoxy) is 1. The number of amides is 2. The second-order valence-corrected chi connectivity index (χ2v) is 6.66. The summed E-state index contributed by atoms with van der Waals surface area (Å²) in [6, 6.07) is 4.04. The van der Waals surface area contributed by atoms with Gasteiger partial charge in [-0.2, -0.15) is 0 Å². The smallest absolute Gasteiger partial charge is 0.317 e. The van der Waals surface area contributed by atoms with Crippen LogP contribution in [0.1, 0.15) is 17.7 Å². The maximum Gasteiger partial charge on any atom is 0.317 e. The zero-order valence-corrected chi connectivity index (χ0v) is 13.9. The predicted octanol–water partition coefficient (Wildman–Crippen LogP) is 2.34. The summed E-state index contributed by atoms with van der Waals surface area (Å²) in [7, 11) is 0. The molecule has 1 fully saturated rings. The van der Waals surface area contributed by atoms with Gasteiger partial charge in [0.05, 0.1) is 19.0 Å². The molecular weight excluding hydrogens is 312 g/mol. The third-order valence-electron chi connectivity index (χ3n) is 3.87. The van der Waals surface area contributed by atoms with E-state index in [2.05, 4.69) is 16.4 Å². The monoisotopic (exact) mass is 334 g/mol. The van der Waals surface area contributed by atoms with Crippen LogP contribution < -0.4 is 5.32 Å². The van der Waals surface area contributed by atoms with Crippen LogP contribution in [0.3, 0.4) is 0 Å². The van der Waals surface area contributed by atoms with E-state index in [1.54, 1.807) is 23.9 Å². The molecule has 1 N–H and O–H groups in total. The van der Waals surface area contributed by atoms with E-state index in [9.17, 15) is 4.79 Å². The van der Waals surface area contributed by atoms with E-state index < -0.39 is 0 Å². The van der Waals surface area contributed by atoms with Crippen molar-refractivity contribution >= 4 is 17.4 Å². The first-order valence-corrected chi connectivity index (χ1v) is 8.82. The molecule has 6 nitrogen and oxygen atoms in total. The number of nitrogens with zero attached hydrogens (tertiary/aromatic N) is 3. The third-order valence-corrected chi connectivity index (χ3v) is 4.73. The molecule has 1 aliphatic rings. The highest BCUT2D eigenvalue weighted by atomic mass is 32.1. The lowest BCUT2D eigenvalue weighted by Crippen LogP contribution is -2.44. The summed E-state index contributed by atoms with van der Waals surface area (Å²) in [5, 5.41) is 5.03. The molecule has 2 aromatic rings. The van der Waals surface area contributed by atoms with Gasteiger partial charge in [-0.25, -0.2) is 9.78 Å². The van der Waals surface area contributed by atoms with Gasteiger partial charge in [0.2, 0.25) is 0 Å². The molecule has 3 rings (SSSR count). The van der Waals surface area contributed by atoms with Crippen molar-refractivity contribution in [2.24, 2.45) is 0 Å². The van der Waals surface area contributed by atoms with E-state index in [1.807, 2.05) is 27.1 Å². The molecule has 1 saturated heterocycles. The first-order valence-electron chi connectivity index (χ1n) is 7.94. The fraction of sp³-hybridized carbons (Fsp3) is 0.500. The van der Waals surface area contributed by atoms with Gasteiger partial charge in [-0.1, -0.05) is 6.07 Å². The van der Waals surface area contributed by atoms with E-state index in [0.29, 0.717) is 19.6 Å². The fourth-order valence-corrected chi connectivity index (χ4v) is 3.39. The van der Waals surface area contributed by atoms with Crippen molar-refractivity contribution in [1.29, 1.82) is 0 Å². The van der Waals surface area contributed by atoms with E-state index in [1.165, 1.54) is 4.88 Å². The van der Waals surface area contributed by atoms with Crippen LogP contribution in [-0.2, 0) is 17.8 Å². The number of hydrogen-bond donors (Lipinski definition) is 1. The molecule has 7 heteroatoms. The molecule has 0 aliphatic carbocycles. The summed E-state index contributed by atoms with van der Waals surface area (Å²) in [6.45, 7) is 3.39. The molecule has 3 heterocycles. The Morgan fingerprint density at radius 2 is 2.52 bits per heavy atom. The van der Waals surface area contributed by atoms with Crippen LogP contribution in [0.25, 0.3) is 0 Å². The molecule has 0 bridgehead atoms. The molecule has 2 aromatic heterocycles. The van der Waals surface area contributed by atoms with Gasteiger partial charge >= 0.3 is 6.03 Å². The first-order chi connectivity index (χ1) is 11.3. The Morgan fingerprint density at radius 1 is 1.57 bits per heavy atom. The molecule has 1 atom stereocenters. The molecular formula is C16H22N4O2S. The maximum absolute atomic E-state index is 12.5. The summed E-state index contributed by atoms with van der Waals surface area (Å²) < 4.78 is 7.63. The minimum absolute atomic E-state index is 0.0333. The van der Waals surface area contributed by atoms with Gasteiger partial charge in [0.15, 0.2) is 0 Å². The Labute approximate surface area is 140 Å². The SMILES string of the molecule is O=C(NCCn1ccnc1)N(Cc1cccs1)C[C@H]1CCCO1. The largest absolute Gasteiger partial charge is 0.376 e. The first kappa shape index (κ1) is 16.0. The highest BCUT2D eigenvalue weighted by Crippen LogP contribution is 2.17. The van der Waals surface area contributed by atoms with Gasteiger partial charge in [-0.3, -0.25) is 0 Å². The standard InChI is InChI=1S/C16H22N4O2S/c21-16(18-6-8-19-7-5-17-13-19)20(11-14-3-1-9-22-14)12-15-4-2-10-23-15/h2,4-5,7,10,13-14H,1,3,6,8-9,11-12H2,(H,18,21)/t14-/m1/s1. The molecule has 0 spiro atoms. The Kier molecular flexibility index (Phi) is 5.65. The number of imidazole rings is 1. The van der Waals surface area contributed by atoms with Gasteiger partial charge in [0.25, 0.3) is 0 Å². The van der Waals surface area contributed by atoms with Gasteiger partial charge in [-0.05, 0) is 24.3 Å². The minimum atomic E-state index is -0.0333. The zero-order valence-electron chi connectivity index (χ0n) is 13.1. The summed E-state index contributed by atoms with van der Waals surface area (Å²) in [4.78, 5) is 19.6. The molecule has 2 amide bonds. The highest BCUT2D eigenvalue weighted by molar-refractivity contribution is 7.09. The number of carbonyl (C=O) groups is 1. The van der Waals surface area contributed by atoms with E-state index in [4.69, 9.17) is 4.74 Å². The Morgan fingerprint density at radius 3 is 3.22 bits per heavy atom. The average molecular weight is 334 g/mol. The van der Waals surface area contributed by atoms with Crippen molar-refractivity contribution in [2.45, 2.75) is 32.0 Å². The second-order valence-electron chi connectivity index (χ2n) is 5.63. The number of hydrogen-bond acceptors (Lipinski definition) is 4. The lowest BCUT2D eigenvalue weighted by molar-refractivity contribution is 0.0797. The number of carbonyl (C=O) groups excluding carboxylic acids is 1. The number of nitrogens with one attached hydrogen (secondary N) is 1. The van der Waals surface area contributed by atoms with Crippen LogP contribution in [-0.4, -0.2) is 46.3 Å². The van der Waals surface area contributed by atoms with Crippen molar-refractivity contribution in [3.8, 4) is 0 Å². The number of thiophene rings is 1. The van der Waals surface area contributed by atoms with Crippen molar-refractivity contribution in [3.05, 3.63) is 41.1 Å². The van der Waals surface area contributed by atoms with Crippen LogP contribution >= 0.6 is 11.3 Å². The maximum atomic E-state index is 12.5. The predicted molar refractivity (Wildman–Crippen MR) is 89.3 cm³/mol. The minimum Gasteiger partial charge on any atom is -0.376 e. The van der Waals surface area contributed by atoms with Gasteiger partial charge < -0.3 is 19.5 Å². The van der Waals surface area contributed by atoms with Crippen LogP contribution in [0, 0.1) is 0 Å². The molecule has 23 heavy (non-hydrogen) atoms. The zero-order chi connectivity index (χ0) is 15.9. The van der Waals surface area contributed by atoms with E-state index in [0.717, 1.165) is 26.0 Å². The van der Waals surface area contributed by atoms with Crippen molar-refractivity contribution in [2.75, 3.05) is 19.7 Å². The van der Waals surface area contributed by atoms with Crippen LogP contribution in [0.15, 0.2) is 36.2 Å². The lowest BCUT2D eigenvalue weighted by Gasteiger charge is -2.25. The molecule has 0 radical (unpaired) electrons. The summed E-state index contributed by atoms with van der Waals surface area (Å²) in [5.41, 5.74) is 0. The molecule has 0 aromatic carbocycles. The summed E-state index contributed by atoms with van der Waals surface area (Å²) in [6.07, 6.45) is 7.66. The van der Waals surface area contributed by atoms with E-state index in [-0.39, 0.29) is 12.1 Å². The number of aromatic nitrogens is 2. The van der Waals surface area contributed by atoms with E-state index >= 15 is 0 Å². The van der Waals surface area contributed by atoms with Crippen LogP contribution in [0.5, 0.6) is 0 Å². The third kappa shape index (κ3) is 4.80. The summed E-state index contributed by atoms with van der Waals surface area (Å²) >= 11 is 1.67. The molecule has 0 saturated carbocycles. The Balaban J connectivity index is 1.53. The normalized spacial score (nSPS) is 17.3. The molecule has 1 aliphatic heterocycles. The van der Waals surface area contributed by atoms with Crippen LogP contribution in [0.2, 0.25) is 0 Å². The van der Waals surface area contributed by atoms with Crippen molar-refractivity contribution in [3.63, 3.8) is 0 Å². The van der Waals surface area contributed by atoms with Gasteiger partial charge in [-0.15, -0.1) is 11.3 Å². The van der Waals surface area contributed by atoms with Crippen molar-refractivity contribution in [1.82, 2.24) is 19.8 Å². The average Bonchev–Trinajstić information content (AvgIpc) is 3.30. The van der Waals surface area contributed by atoms with Crippen LogP contribution in [0.4, 0.5) is 4.79 Å². The molecule has 124 valence electrons. The fourth-order valence-electron chi connectivity index (χ4n) is 2.67. The lowest BCUT2D eigenvalue weighted by atomic mass is 10.2. The Hall–Kier alpha value is -1.86. The Bertz CT molecular complexity index is 579. The quantitative estimate of drug-likeness (QED) is 0.845.